The van der Waals surface area contributed by atoms with E-state index in [1.807, 2.05) is 6.92 Å². The number of thioether (sulfide) groups is 1. The van der Waals surface area contributed by atoms with Crippen LogP contribution in [0.2, 0.25) is 0 Å². The molecule has 26 heavy (non-hydrogen) atoms. The van der Waals surface area contributed by atoms with Gasteiger partial charge in [0.1, 0.15) is 0 Å². The van der Waals surface area contributed by atoms with Crippen LogP contribution in [-0.2, 0) is 0 Å². The molecule has 1 aromatic carbocycles. The van der Waals surface area contributed by atoms with Gasteiger partial charge in [-0.2, -0.15) is 30.7 Å². The van der Waals surface area contributed by atoms with Crippen molar-refractivity contribution in [2.24, 2.45) is 0 Å². The van der Waals surface area contributed by atoms with Gasteiger partial charge in [-0.25, -0.2) is 4.68 Å². The van der Waals surface area contributed by atoms with Gasteiger partial charge in [0.25, 0.3) is 0 Å². The van der Waals surface area contributed by atoms with E-state index in [0.29, 0.717) is 5.69 Å². The lowest BCUT2D eigenvalue weighted by Gasteiger charge is -2.27. The quantitative estimate of drug-likeness (QED) is 0.471. The molecule has 0 radical (unpaired) electrons. The summed E-state index contributed by atoms with van der Waals surface area (Å²) in [6, 6.07) is 8.05. The molecule has 11 heteroatoms. The summed E-state index contributed by atoms with van der Waals surface area (Å²) in [5.41, 5.74) is 0.585. The molecule has 0 N–H and O–H groups in total. The number of alkyl halides is 7. The maximum atomic E-state index is 13.2. The first-order chi connectivity index (χ1) is 12.0. The SMILES string of the molecule is CCSc1ccccc1-n1ccc(OCC(F)(F)C(F)(F)C(F)(F)F)n1. The fourth-order valence-corrected chi connectivity index (χ4v) is 2.70. The number of rotatable bonds is 7. The van der Waals surface area contributed by atoms with E-state index < -0.39 is 30.5 Å². The largest absolute Gasteiger partial charge is 0.470 e. The molecule has 1 heterocycles. The number of benzene rings is 1. The van der Waals surface area contributed by atoms with Crippen molar-refractivity contribution in [3.05, 3.63) is 36.5 Å². The van der Waals surface area contributed by atoms with Gasteiger partial charge in [0.15, 0.2) is 6.61 Å². The van der Waals surface area contributed by atoms with Gasteiger partial charge < -0.3 is 4.74 Å². The highest BCUT2D eigenvalue weighted by Gasteiger charge is 2.73. The Morgan fingerprint density at radius 1 is 1.04 bits per heavy atom. The van der Waals surface area contributed by atoms with Gasteiger partial charge in [0.05, 0.1) is 5.69 Å². The first-order valence-electron chi connectivity index (χ1n) is 7.22. The van der Waals surface area contributed by atoms with Crippen LogP contribution >= 0.6 is 11.8 Å². The van der Waals surface area contributed by atoms with Gasteiger partial charge >= 0.3 is 18.0 Å². The Balaban J connectivity index is 2.15. The van der Waals surface area contributed by atoms with E-state index in [9.17, 15) is 30.7 Å². The molecule has 0 atom stereocenters. The van der Waals surface area contributed by atoms with Crippen LogP contribution in [0.5, 0.6) is 5.88 Å². The summed E-state index contributed by atoms with van der Waals surface area (Å²) in [4.78, 5) is 0.818. The van der Waals surface area contributed by atoms with Gasteiger partial charge in [-0.15, -0.1) is 16.9 Å². The molecule has 144 valence electrons. The number of hydrogen-bond acceptors (Lipinski definition) is 3. The van der Waals surface area contributed by atoms with Crippen LogP contribution in [-0.4, -0.2) is 40.2 Å². The Morgan fingerprint density at radius 3 is 2.31 bits per heavy atom. The summed E-state index contributed by atoms with van der Waals surface area (Å²) < 4.78 is 94.1. The highest BCUT2D eigenvalue weighted by Crippen LogP contribution is 2.46. The predicted octanol–water partition coefficient (Wildman–Crippen LogP) is 5.20. The minimum Gasteiger partial charge on any atom is -0.470 e. The van der Waals surface area contributed by atoms with E-state index >= 15 is 0 Å². The van der Waals surface area contributed by atoms with Crippen molar-refractivity contribution in [2.75, 3.05) is 12.4 Å². The molecule has 3 nitrogen and oxygen atoms in total. The topological polar surface area (TPSA) is 27.1 Å². The Labute approximate surface area is 148 Å². The van der Waals surface area contributed by atoms with Crippen molar-refractivity contribution < 1.29 is 35.5 Å². The van der Waals surface area contributed by atoms with Crippen LogP contribution < -0.4 is 4.74 Å². The van der Waals surface area contributed by atoms with Crippen LogP contribution in [0.1, 0.15) is 6.92 Å². The Hall–Kier alpha value is -1.91. The molecule has 2 rings (SSSR count). The molecule has 0 aliphatic heterocycles. The Kier molecular flexibility index (Phi) is 5.79. The monoisotopic (exact) mass is 402 g/mol. The molecular formula is C15H13F7N2OS. The first-order valence-corrected chi connectivity index (χ1v) is 8.21. The van der Waals surface area contributed by atoms with Gasteiger partial charge in [0.2, 0.25) is 5.88 Å². The Morgan fingerprint density at radius 2 is 1.69 bits per heavy atom. The Bertz CT molecular complexity index is 746. The van der Waals surface area contributed by atoms with Crippen molar-refractivity contribution in [1.82, 2.24) is 9.78 Å². The second-order valence-electron chi connectivity index (χ2n) is 5.06. The third-order valence-electron chi connectivity index (χ3n) is 3.19. The fourth-order valence-electron chi connectivity index (χ4n) is 1.90. The normalized spacial score (nSPS) is 13.1. The lowest BCUT2D eigenvalue weighted by molar-refractivity contribution is -0.358. The van der Waals surface area contributed by atoms with Crippen molar-refractivity contribution >= 4 is 11.8 Å². The fraction of sp³-hybridized carbons (Fsp3) is 0.400. The van der Waals surface area contributed by atoms with E-state index in [4.69, 9.17) is 0 Å². The van der Waals surface area contributed by atoms with E-state index in [1.54, 1.807) is 24.3 Å². The van der Waals surface area contributed by atoms with E-state index in [0.717, 1.165) is 16.7 Å². The van der Waals surface area contributed by atoms with E-state index in [1.165, 1.54) is 22.6 Å². The van der Waals surface area contributed by atoms with Gasteiger partial charge in [-0.05, 0) is 17.9 Å². The lowest BCUT2D eigenvalue weighted by Crippen LogP contribution is -2.54. The number of aromatic nitrogens is 2. The van der Waals surface area contributed by atoms with E-state index in [2.05, 4.69) is 9.84 Å². The molecule has 1 aromatic heterocycles. The molecule has 0 spiro atoms. The van der Waals surface area contributed by atoms with Crippen molar-refractivity contribution in [1.29, 1.82) is 0 Å². The maximum absolute atomic E-state index is 13.2. The summed E-state index contributed by atoms with van der Waals surface area (Å²) >= 11 is 1.48. The summed E-state index contributed by atoms with van der Waals surface area (Å²) in [7, 11) is 0. The van der Waals surface area contributed by atoms with Crippen molar-refractivity contribution in [3.63, 3.8) is 0 Å². The third kappa shape index (κ3) is 4.08. The van der Waals surface area contributed by atoms with Gasteiger partial charge in [-0.3, -0.25) is 0 Å². The second-order valence-corrected chi connectivity index (χ2v) is 6.37. The zero-order valence-electron chi connectivity index (χ0n) is 13.2. The minimum absolute atomic E-state index is 0.501. The number of hydrogen-bond donors (Lipinski definition) is 0. The molecule has 0 aliphatic carbocycles. The zero-order chi connectivity index (χ0) is 19.6. The number of para-hydroxylation sites is 1. The summed E-state index contributed by atoms with van der Waals surface area (Å²) in [5, 5.41) is 3.79. The third-order valence-corrected chi connectivity index (χ3v) is 4.14. The maximum Gasteiger partial charge on any atom is 0.460 e. The molecule has 0 fully saturated rings. The molecular weight excluding hydrogens is 389 g/mol. The van der Waals surface area contributed by atoms with Crippen LogP contribution in [0.4, 0.5) is 30.7 Å². The standard InChI is InChI=1S/C15H13F7N2OS/c1-2-26-11-6-4-3-5-10(11)24-8-7-12(23-24)25-9-13(16,17)14(18,19)15(20,21)22/h3-8H,2,9H2,1H3. The number of nitrogens with zero attached hydrogens (tertiary/aromatic N) is 2. The molecule has 0 unspecified atom stereocenters. The van der Waals surface area contributed by atoms with E-state index in [-0.39, 0.29) is 0 Å². The highest BCUT2D eigenvalue weighted by atomic mass is 32.2. The smallest absolute Gasteiger partial charge is 0.460 e. The number of halogens is 7. The molecule has 2 aromatic rings. The van der Waals surface area contributed by atoms with Crippen LogP contribution in [0.15, 0.2) is 41.4 Å². The average Bonchev–Trinajstić information content (AvgIpc) is 3.01. The summed E-state index contributed by atoms with van der Waals surface area (Å²) in [6.45, 7) is -0.246. The van der Waals surface area contributed by atoms with Crippen LogP contribution in [0, 0.1) is 0 Å². The minimum atomic E-state index is -6.39. The predicted molar refractivity (Wildman–Crippen MR) is 81.4 cm³/mol. The molecule has 0 saturated heterocycles. The van der Waals surface area contributed by atoms with Gasteiger partial charge in [-0.1, -0.05) is 19.1 Å². The van der Waals surface area contributed by atoms with Crippen molar-refractivity contribution in [2.45, 2.75) is 29.8 Å². The lowest BCUT2D eigenvalue weighted by atomic mass is 10.2. The number of ether oxygens (including phenoxy) is 1. The summed E-state index contributed by atoms with van der Waals surface area (Å²) in [6.07, 6.45) is -5.07. The highest BCUT2D eigenvalue weighted by molar-refractivity contribution is 7.99. The molecule has 0 amide bonds. The van der Waals surface area contributed by atoms with Gasteiger partial charge in [0, 0.05) is 17.2 Å². The zero-order valence-corrected chi connectivity index (χ0v) is 14.1. The van der Waals surface area contributed by atoms with Crippen LogP contribution in [0.3, 0.4) is 0 Å². The van der Waals surface area contributed by atoms with Crippen LogP contribution in [0.25, 0.3) is 5.69 Å². The van der Waals surface area contributed by atoms with Crippen molar-refractivity contribution in [3.8, 4) is 11.6 Å². The molecule has 0 bridgehead atoms. The first kappa shape index (κ1) is 20.4. The summed E-state index contributed by atoms with van der Waals surface area (Å²) in [5.74, 6) is -11.4. The molecule has 0 saturated carbocycles. The second kappa shape index (κ2) is 7.37. The average molecular weight is 402 g/mol. The molecule has 0 aliphatic rings.